The third kappa shape index (κ3) is 5.00. The molecule has 1 aromatic carbocycles. The highest BCUT2D eigenvalue weighted by Crippen LogP contribution is 2.16. The second kappa shape index (κ2) is 7.48. The van der Waals surface area contributed by atoms with E-state index in [1.807, 2.05) is 0 Å². The topological polar surface area (TPSA) is 49.4 Å². The summed E-state index contributed by atoms with van der Waals surface area (Å²) in [6.45, 7) is 5.39. The van der Waals surface area contributed by atoms with Crippen molar-refractivity contribution in [1.29, 1.82) is 0 Å². The van der Waals surface area contributed by atoms with Crippen molar-refractivity contribution >= 4 is 10.0 Å². The summed E-state index contributed by atoms with van der Waals surface area (Å²) in [4.78, 5) is 1.95. The van der Waals surface area contributed by atoms with Gasteiger partial charge in [-0.1, -0.05) is 6.92 Å². The molecule has 22 heavy (non-hydrogen) atoms. The van der Waals surface area contributed by atoms with Crippen molar-refractivity contribution in [2.75, 3.05) is 26.2 Å². The SMILES string of the molecule is C[C@H]1CCCN(CCCNS(=O)(=O)c2cc(F)cc(F)c2)C1. The van der Waals surface area contributed by atoms with Crippen LogP contribution in [0.25, 0.3) is 0 Å². The van der Waals surface area contributed by atoms with Crippen LogP contribution in [0, 0.1) is 17.6 Å². The minimum Gasteiger partial charge on any atom is -0.303 e. The number of hydrogen-bond acceptors (Lipinski definition) is 3. The summed E-state index contributed by atoms with van der Waals surface area (Å²) in [5.74, 6) is -1.12. The Bertz CT molecular complexity index is 587. The summed E-state index contributed by atoms with van der Waals surface area (Å²) >= 11 is 0. The highest BCUT2D eigenvalue weighted by molar-refractivity contribution is 7.89. The molecule has 2 rings (SSSR count). The minimum absolute atomic E-state index is 0.255. The van der Waals surface area contributed by atoms with Gasteiger partial charge in [-0.3, -0.25) is 0 Å². The Morgan fingerprint density at radius 3 is 2.59 bits per heavy atom. The molecule has 0 amide bonds. The molecule has 4 nitrogen and oxygen atoms in total. The number of hydrogen-bond donors (Lipinski definition) is 1. The first kappa shape index (κ1) is 17.3. The van der Waals surface area contributed by atoms with Gasteiger partial charge >= 0.3 is 0 Å². The maximum atomic E-state index is 13.1. The number of piperidine rings is 1. The molecular formula is C15H22F2N2O2S. The zero-order valence-electron chi connectivity index (χ0n) is 12.7. The van der Waals surface area contributed by atoms with E-state index in [4.69, 9.17) is 0 Å². The molecule has 1 fully saturated rings. The van der Waals surface area contributed by atoms with Crippen LogP contribution >= 0.6 is 0 Å². The molecule has 0 spiro atoms. The standard InChI is InChI=1S/C15H22F2N2O2S/c1-12-4-2-6-19(11-12)7-3-5-18-22(20,21)15-9-13(16)8-14(17)10-15/h8-10,12,18H,2-7,11H2,1H3/t12-/m0/s1. The number of nitrogens with zero attached hydrogens (tertiary/aromatic N) is 1. The quantitative estimate of drug-likeness (QED) is 0.814. The lowest BCUT2D eigenvalue weighted by Gasteiger charge is -2.30. The molecule has 0 bridgehead atoms. The van der Waals surface area contributed by atoms with Gasteiger partial charge in [0.15, 0.2) is 0 Å². The van der Waals surface area contributed by atoms with Gasteiger partial charge in [0.1, 0.15) is 11.6 Å². The van der Waals surface area contributed by atoms with E-state index in [1.54, 1.807) is 0 Å². The van der Waals surface area contributed by atoms with E-state index in [-0.39, 0.29) is 11.4 Å². The van der Waals surface area contributed by atoms with Crippen LogP contribution < -0.4 is 4.72 Å². The van der Waals surface area contributed by atoms with Crippen LogP contribution in [0.5, 0.6) is 0 Å². The van der Waals surface area contributed by atoms with Gasteiger partial charge in [-0.2, -0.15) is 0 Å². The van der Waals surface area contributed by atoms with E-state index >= 15 is 0 Å². The van der Waals surface area contributed by atoms with Gasteiger partial charge in [-0.15, -0.1) is 0 Å². The second-order valence-electron chi connectivity index (χ2n) is 5.90. The smallest absolute Gasteiger partial charge is 0.240 e. The fourth-order valence-electron chi connectivity index (χ4n) is 2.77. The zero-order chi connectivity index (χ0) is 16.2. The average molecular weight is 332 g/mol. The summed E-state index contributed by atoms with van der Waals surface area (Å²) in [6, 6.07) is 2.28. The van der Waals surface area contributed by atoms with Gasteiger partial charge in [0.25, 0.3) is 0 Å². The summed E-state index contributed by atoms with van der Waals surface area (Å²) < 4.78 is 52.5. The molecular weight excluding hydrogens is 310 g/mol. The summed E-state index contributed by atoms with van der Waals surface area (Å²) in [6.07, 6.45) is 3.09. The van der Waals surface area contributed by atoms with Crippen molar-refractivity contribution in [2.24, 2.45) is 5.92 Å². The predicted molar refractivity (Wildman–Crippen MR) is 81.0 cm³/mol. The largest absolute Gasteiger partial charge is 0.303 e. The van der Waals surface area contributed by atoms with Crippen molar-refractivity contribution < 1.29 is 17.2 Å². The van der Waals surface area contributed by atoms with Crippen molar-refractivity contribution in [2.45, 2.75) is 31.1 Å². The van der Waals surface area contributed by atoms with Crippen LogP contribution in [0.2, 0.25) is 0 Å². The monoisotopic (exact) mass is 332 g/mol. The highest BCUT2D eigenvalue weighted by Gasteiger charge is 2.18. The van der Waals surface area contributed by atoms with E-state index in [0.717, 1.165) is 31.8 Å². The van der Waals surface area contributed by atoms with Crippen LogP contribution in [-0.2, 0) is 10.0 Å². The van der Waals surface area contributed by atoms with Crippen LogP contribution in [0.15, 0.2) is 23.1 Å². The van der Waals surface area contributed by atoms with Crippen LogP contribution in [0.4, 0.5) is 8.78 Å². The van der Waals surface area contributed by atoms with Gasteiger partial charge in [0.05, 0.1) is 4.90 Å². The van der Waals surface area contributed by atoms with Gasteiger partial charge in [0, 0.05) is 19.2 Å². The fraction of sp³-hybridized carbons (Fsp3) is 0.600. The number of benzene rings is 1. The molecule has 0 unspecified atom stereocenters. The molecule has 7 heteroatoms. The number of halogens is 2. The summed E-state index contributed by atoms with van der Waals surface area (Å²) in [5, 5.41) is 0. The number of rotatable bonds is 6. The summed E-state index contributed by atoms with van der Waals surface area (Å²) in [7, 11) is -3.87. The average Bonchev–Trinajstić information content (AvgIpc) is 2.43. The van der Waals surface area contributed by atoms with Crippen LogP contribution in [0.1, 0.15) is 26.2 Å². The third-order valence-corrected chi connectivity index (χ3v) is 5.27. The Kier molecular flexibility index (Phi) is 5.88. The molecule has 1 aromatic rings. The van der Waals surface area contributed by atoms with Crippen molar-refractivity contribution in [1.82, 2.24) is 9.62 Å². The van der Waals surface area contributed by atoms with Crippen LogP contribution in [-0.4, -0.2) is 39.5 Å². The second-order valence-corrected chi connectivity index (χ2v) is 7.67. The third-order valence-electron chi connectivity index (χ3n) is 3.83. The Hall–Kier alpha value is -1.05. The van der Waals surface area contributed by atoms with Gasteiger partial charge < -0.3 is 4.90 Å². The van der Waals surface area contributed by atoms with E-state index in [9.17, 15) is 17.2 Å². The molecule has 0 saturated carbocycles. The maximum Gasteiger partial charge on any atom is 0.240 e. The van der Waals surface area contributed by atoms with Crippen molar-refractivity contribution in [3.63, 3.8) is 0 Å². The molecule has 1 atom stereocenters. The molecule has 1 aliphatic heterocycles. The molecule has 0 radical (unpaired) electrons. The molecule has 0 aliphatic carbocycles. The molecule has 1 heterocycles. The predicted octanol–water partition coefficient (Wildman–Crippen LogP) is 2.37. The van der Waals surface area contributed by atoms with E-state index in [0.29, 0.717) is 18.4 Å². The highest BCUT2D eigenvalue weighted by atomic mass is 32.2. The van der Waals surface area contributed by atoms with Crippen LogP contribution in [0.3, 0.4) is 0 Å². The maximum absolute atomic E-state index is 13.1. The van der Waals surface area contributed by atoms with Gasteiger partial charge in [-0.05, 0) is 50.4 Å². The molecule has 0 aromatic heterocycles. The lowest BCUT2D eigenvalue weighted by molar-refractivity contribution is 0.182. The number of likely N-dealkylation sites (tertiary alicyclic amines) is 1. The molecule has 1 saturated heterocycles. The van der Waals surface area contributed by atoms with E-state index in [1.165, 1.54) is 12.8 Å². The van der Waals surface area contributed by atoms with E-state index in [2.05, 4.69) is 16.5 Å². The first-order valence-electron chi connectivity index (χ1n) is 7.55. The molecule has 1 N–H and O–H groups in total. The molecule has 124 valence electrons. The van der Waals surface area contributed by atoms with Gasteiger partial charge in [0.2, 0.25) is 10.0 Å². The lowest BCUT2D eigenvalue weighted by Crippen LogP contribution is -2.36. The molecule has 1 aliphatic rings. The minimum atomic E-state index is -3.87. The normalized spacial score (nSPS) is 20.2. The first-order chi connectivity index (χ1) is 10.4. The van der Waals surface area contributed by atoms with Crippen molar-refractivity contribution in [3.05, 3.63) is 29.8 Å². The Morgan fingerprint density at radius 2 is 1.95 bits per heavy atom. The van der Waals surface area contributed by atoms with Crippen molar-refractivity contribution in [3.8, 4) is 0 Å². The van der Waals surface area contributed by atoms with E-state index < -0.39 is 21.7 Å². The zero-order valence-corrected chi connectivity index (χ0v) is 13.5. The van der Waals surface area contributed by atoms with Gasteiger partial charge in [-0.25, -0.2) is 21.9 Å². The fourth-order valence-corrected chi connectivity index (χ4v) is 3.88. The Morgan fingerprint density at radius 1 is 1.27 bits per heavy atom. The number of nitrogens with one attached hydrogen (secondary N) is 1. The Labute approximate surface area is 130 Å². The summed E-state index contributed by atoms with van der Waals surface area (Å²) in [5.41, 5.74) is 0. The number of sulfonamides is 1. The Balaban J connectivity index is 1.82. The lowest BCUT2D eigenvalue weighted by atomic mass is 10.0. The first-order valence-corrected chi connectivity index (χ1v) is 9.03.